The van der Waals surface area contributed by atoms with Gasteiger partial charge in [-0.3, -0.25) is 0 Å². The quantitative estimate of drug-likeness (QED) is 0.433. The van der Waals surface area contributed by atoms with Crippen molar-refractivity contribution in [2.45, 2.75) is 0 Å². The van der Waals surface area contributed by atoms with Crippen LogP contribution >= 0.6 is 23.7 Å². The van der Waals surface area contributed by atoms with Gasteiger partial charge in [0.25, 0.3) is 0 Å². The van der Waals surface area contributed by atoms with Crippen LogP contribution in [0.15, 0.2) is 4.40 Å². The van der Waals surface area contributed by atoms with E-state index in [2.05, 4.69) is 4.40 Å². The minimum Gasteiger partial charge on any atom is -0.217 e. The summed E-state index contributed by atoms with van der Waals surface area (Å²) in [6, 6.07) is 0. The lowest BCUT2D eigenvalue weighted by molar-refractivity contribution is 2.02. The van der Waals surface area contributed by atoms with E-state index < -0.39 is 0 Å². The van der Waals surface area contributed by atoms with E-state index in [0.717, 1.165) is 0 Å². The third-order valence-corrected chi connectivity index (χ3v) is 1.64. The minimum atomic E-state index is -0.0926. The summed E-state index contributed by atoms with van der Waals surface area (Å²) in [4.78, 5) is 0. The van der Waals surface area contributed by atoms with Crippen molar-refractivity contribution in [1.29, 1.82) is 0 Å². The van der Waals surface area contributed by atoms with E-state index in [4.69, 9.17) is 1.37 Å². The van der Waals surface area contributed by atoms with Crippen LogP contribution in [0.5, 0.6) is 0 Å². The highest BCUT2D eigenvalue weighted by Gasteiger charge is 1.87. The lowest BCUT2D eigenvalue weighted by Gasteiger charge is -1.66. The third kappa shape index (κ3) is 0.851. The molecule has 0 saturated heterocycles. The van der Waals surface area contributed by atoms with Crippen LogP contribution in [0.25, 0.3) is 0 Å². The van der Waals surface area contributed by atoms with E-state index in [0.29, 0.717) is 0 Å². The van der Waals surface area contributed by atoms with Gasteiger partial charge in [0.15, 0.2) is 0 Å². The van der Waals surface area contributed by atoms with Crippen LogP contribution < -0.4 is 0 Å². The first-order valence-electron chi connectivity index (χ1n) is 1.73. The molecule has 0 aromatic heterocycles. The summed E-state index contributed by atoms with van der Waals surface area (Å²) in [6.45, 7) is 0. The zero-order chi connectivity index (χ0) is 4.41. The number of thioether (sulfide) groups is 1. The first-order valence-corrected chi connectivity index (χ1v) is 2.93. The van der Waals surface area contributed by atoms with Gasteiger partial charge in [-0.05, 0) is 11.9 Å². The summed E-state index contributed by atoms with van der Waals surface area (Å²) in [7, 11) is 0. The molecule has 0 spiro atoms. The lowest BCUT2D eigenvalue weighted by atomic mass is 11.7. The number of nitrogens with zero attached hydrogens (tertiary/aromatic N) is 1. The van der Waals surface area contributed by atoms with Crippen molar-refractivity contribution in [3.8, 4) is 0 Å². The molecule has 0 saturated carbocycles. The predicted octanol–water partition coefficient (Wildman–Crippen LogP) is 1.37. The second-order valence-corrected chi connectivity index (χ2v) is 2.22. The van der Waals surface area contributed by atoms with Crippen molar-refractivity contribution in [2.24, 2.45) is 4.40 Å². The Morgan fingerprint density at radius 1 is 2.20 bits per heavy atom. The highest BCUT2D eigenvalue weighted by Crippen LogP contribution is 2.17. The van der Waals surface area contributed by atoms with Crippen molar-refractivity contribution in [2.75, 3.05) is 5.06 Å². The molecule has 1 heterocycles. The molecule has 3 heteroatoms. The maximum absolute atomic E-state index is 6.93. The molecule has 1 unspecified atom stereocenters. The topological polar surface area (TPSA) is 12.4 Å². The Balaban J connectivity index is 2.32. The molecule has 1 atom stereocenters. The Labute approximate surface area is 40.8 Å². The van der Waals surface area contributed by atoms with Gasteiger partial charge in [-0.15, -0.1) is 11.8 Å². The van der Waals surface area contributed by atoms with Gasteiger partial charge in [0.2, 0.25) is 0 Å². The second kappa shape index (κ2) is 1.72. The molecule has 1 aliphatic rings. The standard InChI is InChI=1S/C2H3NS2/c1-3-5-2-4-1/h1H,2H2/i2T. The van der Waals surface area contributed by atoms with Crippen LogP contribution in [-0.2, 0) is 0 Å². The summed E-state index contributed by atoms with van der Waals surface area (Å²) in [5.41, 5.74) is 1.70. The van der Waals surface area contributed by atoms with Crippen LogP contribution in [0.1, 0.15) is 1.37 Å². The van der Waals surface area contributed by atoms with Gasteiger partial charge in [0, 0.05) is 0 Å². The van der Waals surface area contributed by atoms with Gasteiger partial charge in [0.1, 0.15) is 0 Å². The zero-order valence-electron chi connectivity index (χ0n) is 3.42. The monoisotopic (exact) mass is 107 g/mol. The molecule has 1 rings (SSSR count). The Morgan fingerprint density at radius 2 is 3.20 bits per heavy atom. The molecule has 0 fully saturated rings. The van der Waals surface area contributed by atoms with Gasteiger partial charge in [-0.2, -0.15) is 0 Å². The van der Waals surface area contributed by atoms with E-state index in [1.165, 1.54) is 23.7 Å². The Bertz CT molecular complexity index is 65.9. The van der Waals surface area contributed by atoms with Gasteiger partial charge < -0.3 is 0 Å². The highest BCUT2D eigenvalue weighted by molar-refractivity contribution is 8.25. The maximum Gasteiger partial charge on any atom is 0.0689 e. The molecule has 0 aromatic rings. The maximum atomic E-state index is 6.93. The number of hydrogen-bond donors (Lipinski definition) is 0. The normalized spacial score (nSPS) is 38.4. The largest absolute Gasteiger partial charge is 0.217 e. The van der Waals surface area contributed by atoms with E-state index in [1.807, 2.05) is 0 Å². The second-order valence-electron chi connectivity index (χ2n) is 0.549. The summed E-state index contributed by atoms with van der Waals surface area (Å²) in [5.74, 6) is 0. The van der Waals surface area contributed by atoms with Crippen LogP contribution in [0.2, 0.25) is 0 Å². The molecular formula is C2H3NS2. The third-order valence-electron chi connectivity index (χ3n) is 0.263. The van der Waals surface area contributed by atoms with Gasteiger partial charge >= 0.3 is 0 Å². The van der Waals surface area contributed by atoms with Crippen LogP contribution in [-0.4, -0.2) is 10.6 Å². The fraction of sp³-hybridized carbons (Fsp3) is 0.500. The molecule has 1 nitrogen and oxygen atoms in total. The molecule has 0 radical (unpaired) electrons. The molecule has 0 amide bonds. The number of hydrogen-bond acceptors (Lipinski definition) is 3. The number of rotatable bonds is 0. The van der Waals surface area contributed by atoms with Crippen LogP contribution in [0.3, 0.4) is 0 Å². The molecule has 0 bridgehead atoms. The first-order chi connectivity index (χ1) is 2.89. The highest BCUT2D eigenvalue weighted by atomic mass is 32.2. The van der Waals surface area contributed by atoms with Crippen molar-refractivity contribution in [3.63, 3.8) is 0 Å². The zero-order valence-corrected chi connectivity index (χ0v) is 4.05. The van der Waals surface area contributed by atoms with E-state index in [-0.39, 0.29) is 5.06 Å². The smallest absolute Gasteiger partial charge is 0.0689 e. The first kappa shape index (κ1) is 2.53. The Kier molecular flexibility index (Phi) is 0.870. The van der Waals surface area contributed by atoms with E-state index >= 15 is 0 Å². The van der Waals surface area contributed by atoms with Crippen molar-refractivity contribution in [3.05, 3.63) is 0 Å². The van der Waals surface area contributed by atoms with Crippen molar-refractivity contribution in [1.82, 2.24) is 0 Å². The van der Waals surface area contributed by atoms with Gasteiger partial charge in [-0.25, -0.2) is 4.40 Å². The molecule has 28 valence electrons. The average Bonchev–Trinajstić information content (AvgIpc) is 1.86. The molecule has 0 aliphatic carbocycles. The van der Waals surface area contributed by atoms with Crippen molar-refractivity contribution < 1.29 is 1.37 Å². The van der Waals surface area contributed by atoms with E-state index in [1.54, 1.807) is 5.55 Å². The molecular weight excluding hydrogens is 102 g/mol. The van der Waals surface area contributed by atoms with Crippen LogP contribution in [0, 0.1) is 0 Å². The SMILES string of the molecule is [3H]C1SC=NS1. The van der Waals surface area contributed by atoms with E-state index in [9.17, 15) is 0 Å². The molecule has 1 aliphatic heterocycles. The average molecular weight is 107 g/mol. The molecule has 0 N–H and O–H groups in total. The predicted molar refractivity (Wildman–Crippen MR) is 28.5 cm³/mol. The fourth-order valence-corrected chi connectivity index (χ4v) is 1.12. The van der Waals surface area contributed by atoms with Crippen LogP contribution in [0.4, 0.5) is 0 Å². The Hall–Kier alpha value is 0.370. The fourth-order valence-electron chi connectivity index (χ4n) is 0.124. The van der Waals surface area contributed by atoms with Gasteiger partial charge in [-0.1, -0.05) is 0 Å². The molecule has 5 heavy (non-hydrogen) atoms. The summed E-state index contributed by atoms with van der Waals surface area (Å²) in [6.07, 6.45) is 0. The lowest BCUT2D eigenvalue weighted by Crippen LogP contribution is -1.46. The summed E-state index contributed by atoms with van der Waals surface area (Å²) < 4.78 is 10.7. The van der Waals surface area contributed by atoms with Gasteiger partial charge in [0.05, 0.1) is 12.0 Å². The summed E-state index contributed by atoms with van der Waals surface area (Å²) >= 11 is 2.73. The Morgan fingerprint density at radius 3 is 3.40 bits per heavy atom. The van der Waals surface area contributed by atoms with Crippen molar-refractivity contribution >= 4 is 29.3 Å². The minimum absolute atomic E-state index is 0.0926. The summed E-state index contributed by atoms with van der Waals surface area (Å²) in [5, 5.41) is -0.0926. The molecule has 0 aromatic carbocycles.